The normalized spacial score (nSPS) is 10.3. The molecule has 1 N–H and O–H groups in total. The van der Waals surface area contributed by atoms with Crippen molar-refractivity contribution in [1.29, 1.82) is 5.26 Å². The number of hydrogen-bond acceptors (Lipinski definition) is 5. The zero-order valence-electron chi connectivity index (χ0n) is 10.00. The third kappa shape index (κ3) is 2.39. The Kier molecular flexibility index (Phi) is 3.09. The fraction of sp³-hybridized carbons (Fsp3) is 0.0714. The van der Waals surface area contributed by atoms with E-state index < -0.39 is 0 Å². The molecule has 0 aliphatic heterocycles. The second-order valence-corrected chi connectivity index (χ2v) is 4.92. The van der Waals surface area contributed by atoms with Crippen molar-refractivity contribution in [3.63, 3.8) is 0 Å². The van der Waals surface area contributed by atoms with E-state index in [0.29, 0.717) is 12.1 Å². The predicted octanol–water partition coefficient (Wildman–Crippen LogP) is 3.18. The third-order valence-electron chi connectivity index (χ3n) is 2.80. The van der Waals surface area contributed by atoms with E-state index in [1.807, 2.05) is 35.7 Å². The second-order valence-electron chi connectivity index (χ2n) is 4.02. The van der Waals surface area contributed by atoms with Crippen LogP contribution in [0.2, 0.25) is 0 Å². The first-order chi connectivity index (χ1) is 9.36. The molecule has 2 heterocycles. The SMILES string of the molecule is N#Cc1ccc(CNc2ncnc3sccc23)cc1. The van der Waals surface area contributed by atoms with Gasteiger partial charge in [-0.3, -0.25) is 0 Å². The molecule has 3 rings (SSSR count). The minimum absolute atomic E-state index is 0.672. The van der Waals surface area contributed by atoms with Crippen molar-refractivity contribution in [2.75, 3.05) is 5.32 Å². The highest BCUT2D eigenvalue weighted by atomic mass is 32.1. The van der Waals surface area contributed by atoms with Gasteiger partial charge in [0.15, 0.2) is 0 Å². The molecule has 0 aliphatic carbocycles. The van der Waals surface area contributed by atoms with Gasteiger partial charge in [-0.1, -0.05) is 12.1 Å². The first kappa shape index (κ1) is 11.6. The molecule has 19 heavy (non-hydrogen) atoms. The van der Waals surface area contributed by atoms with E-state index >= 15 is 0 Å². The van der Waals surface area contributed by atoms with Crippen LogP contribution >= 0.6 is 11.3 Å². The Morgan fingerprint density at radius 1 is 1.16 bits per heavy atom. The monoisotopic (exact) mass is 266 g/mol. The lowest BCUT2D eigenvalue weighted by Gasteiger charge is -2.06. The fourth-order valence-electron chi connectivity index (χ4n) is 1.81. The molecule has 0 spiro atoms. The van der Waals surface area contributed by atoms with Gasteiger partial charge in [0.1, 0.15) is 17.0 Å². The summed E-state index contributed by atoms with van der Waals surface area (Å²) in [5.74, 6) is 0.843. The van der Waals surface area contributed by atoms with Gasteiger partial charge >= 0.3 is 0 Å². The lowest BCUT2D eigenvalue weighted by atomic mass is 10.1. The standard InChI is InChI=1S/C14H10N4S/c15-7-10-1-3-11(4-2-10)8-16-13-12-5-6-19-14(12)18-9-17-13/h1-6,9H,8H2,(H,16,17,18). The van der Waals surface area contributed by atoms with Crippen molar-refractivity contribution in [2.24, 2.45) is 0 Å². The van der Waals surface area contributed by atoms with Crippen LogP contribution in [0.4, 0.5) is 5.82 Å². The van der Waals surface area contributed by atoms with Gasteiger partial charge < -0.3 is 5.32 Å². The zero-order chi connectivity index (χ0) is 13.1. The van der Waals surface area contributed by atoms with Gasteiger partial charge in [0, 0.05) is 6.54 Å². The summed E-state index contributed by atoms with van der Waals surface area (Å²) in [7, 11) is 0. The lowest BCUT2D eigenvalue weighted by molar-refractivity contribution is 1.10. The number of rotatable bonds is 3. The molecule has 0 unspecified atom stereocenters. The molecule has 3 aromatic rings. The maximum atomic E-state index is 8.75. The van der Waals surface area contributed by atoms with Gasteiger partial charge in [0.2, 0.25) is 0 Å². The highest BCUT2D eigenvalue weighted by molar-refractivity contribution is 7.16. The molecule has 0 aliphatic rings. The minimum Gasteiger partial charge on any atom is -0.365 e. The van der Waals surface area contributed by atoms with Crippen LogP contribution in [-0.2, 0) is 6.54 Å². The lowest BCUT2D eigenvalue weighted by Crippen LogP contribution is -2.01. The van der Waals surface area contributed by atoms with E-state index in [9.17, 15) is 0 Å². The molecule has 0 bridgehead atoms. The molecule has 92 valence electrons. The van der Waals surface area contributed by atoms with Crippen molar-refractivity contribution < 1.29 is 0 Å². The topological polar surface area (TPSA) is 61.6 Å². The van der Waals surface area contributed by atoms with Gasteiger partial charge in [0.05, 0.1) is 17.0 Å². The molecular formula is C14H10N4S. The van der Waals surface area contributed by atoms with E-state index in [4.69, 9.17) is 5.26 Å². The maximum absolute atomic E-state index is 8.75. The highest BCUT2D eigenvalue weighted by Crippen LogP contribution is 2.23. The Morgan fingerprint density at radius 2 is 2.00 bits per heavy atom. The van der Waals surface area contributed by atoms with Gasteiger partial charge in [-0.25, -0.2) is 9.97 Å². The summed E-state index contributed by atoms with van der Waals surface area (Å²) in [6.45, 7) is 0.674. The van der Waals surface area contributed by atoms with Crippen molar-refractivity contribution in [2.45, 2.75) is 6.54 Å². The number of benzene rings is 1. The Bertz CT molecular complexity index is 740. The summed E-state index contributed by atoms with van der Waals surface area (Å²) in [6.07, 6.45) is 1.57. The van der Waals surface area contributed by atoms with E-state index in [1.54, 1.807) is 17.7 Å². The van der Waals surface area contributed by atoms with Crippen molar-refractivity contribution >= 4 is 27.4 Å². The van der Waals surface area contributed by atoms with Gasteiger partial charge in [-0.05, 0) is 29.1 Å². The minimum atomic E-state index is 0.672. The average Bonchev–Trinajstić information content (AvgIpc) is 2.94. The Hall–Kier alpha value is -2.45. The Labute approximate surface area is 114 Å². The number of fused-ring (bicyclic) bond motifs is 1. The first-order valence-corrected chi connectivity index (χ1v) is 6.66. The number of nitrogens with zero attached hydrogens (tertiary/aromatic N) is 3. The van der Waals surface area contributed by atoms with E-state index in [2.05, 4.69) is 21.4 Å². The molecule has 2 aromatic heterocycles. The molecule has 0 saturated carbocycles. The van der Waals surface area contributed by atoms with Gasteiger partial charge in [-0.2, -0.15) is 5.26 Å². The van der Waals surface area contributed by atoms with E-state index in [0.717, 1.165) is 21.6 Å². The molecule has 1 aromatic carbocycles. The summed E-state index contributed by atoms with van der Waals surface area (Å²) in [6, 6.07) is 11.6. The quantitative estimate of drug-likeness (QED) is 0.791. The molecule has 0 fully saturated rings. The van der Waals surface area contributed by atoms with Crippen LogP contribution in [0.15, 0.2) is 42.0 Å². The van der Waals surface area contributed by atoms with Crippen LogP contribution in [0, 0.1) is 11.3 Å². The van der Waals surface area contributed by atoms with Gasteiger partial charge in [0.25, 0.3) is 0 Å². The van der Waals surface area contributed by atoms with Crippen LogP contribution < -0.4 is 5.32 Å². The van der Waals surface area contributed by atoms with E-state index in [-0.39, 0.29) is 0 Å². The van der Waals surface area contributed by atoms with Gasteiger partial charge in [-0.15, -0.1) is 11.3 Å². The molecule has 0 atom stereocenters. The summed E-state index contributed by atoms with van der Waals surface area (Å²) < 4.78 is 0. The zero-order valence-corrected chi connectivity index (χ0v) is 10.8. The number of hydrogen-bond donors (Lipinski definition) is 1. The average molecular weight is 266 g/mol. The Morgan fingerprint density at radius 3 is 2.79 bits per heavy atom. The summed E-state index contributed by atoms with van der Waals surface area (Å²) >= 11 is 1.60. The summed E-state index contributed by atoms with van der Waals surface area (Å²) in [4.78, 5) is 9.45. The molecule has 0 amide bonds. The highest BCUT2D eigenvalue weighted by Gasteiger charge is 2.04. The third-order valence-corrected chi connectivity index (χ3v) is 3.63. The largest absolute Gasteiger partial charge is 0.365 e. The number of anilines is 1. The predicted molar refractivity (Wildman–Crippen MR) is 75.9 cm³/mol. The van der Waals surface area contributed by atoms with Crippen LogP contribution in [0.1, 0.15) is 11.1 Å². The maximum Gasteiger partial charge on any atom is 0.138 e. The number of nitrogens with one attached hydrogen (secondary N) is 1. The summed E-state index contributed by atoms with van der Waals surface area (Å²) in [5.41, 5.74) is 1.78. The summed E-state index contributed by atoms with van der Waals surface area (Å²) in [5, 5.41) is 15.1. The van der Waals surface area contributed by atoms with Crippen molar-refractivity contribution in [3.05, 3.63) is 53.2 Å². The molecule has 0 saturated heterocycles. The van der Waals surface area contributed by atoms with Crippen molar-refractivity contribution in [1.82, 2.24) is 9.97 Å². The van der Waals surface area contributed by atoms with Crippen LogP contribution in [0.25, 0.3) is 10.2 Å². The van der Waals surface area contributed by atoms with E-state index in [1.165, 1.54) is 0 Å². The number of nitriles is 1. The molecule has 0 radical (unpaired) electrons. The van der Waals surface area contributed by atoms with Crippen LogP contribution in [0.5, 0.6) is 0 Å². The molecular weight excluding hydrogens is 256 g/mol. The van der Waals surface area contributed by atoms with Crippen LogP contribution in [-0.4, -0.2) is 9.97 Å². The smallest absolute Gasteiger partial charge is 0.138 e. The first-order valence-electron chi connectivity index (χ1n) is 5.78. The fourth-order valence-corrected chi connectivity index (χ4v) is 2.55. The van der Waals surface area contributed by atoms with Crippen molar-refractivity contribution in [3.8, 4) is 6.07 Å². The van der Waals surface area contributed by atoms with Crippen LogP contribution in [0.3, 0.4) is 0 Å². The Balaban J connectivity index is 1.78. The second kappa shape index (κ2) is 5.04. The number of aromatic nitrogens is 2. The molecule has 5 heteroatoms. The number of thiophene rings is 1. The molecule has 4 nitrogen and oxygen atoms in total.